The van der Waals surface area contributed by atoms with Gasteiger partial charge in [0.05, 0.1) is 41.0 Å². The first-order valence-corrected chi connectivity index (χ1v) is 28.2. The number of thiazole rings is 1. The molecule has 2 amide bonds. The van der Waals surface area contributed by atoms with Crippen LogP contribution in [0.25, 0.3) is 43.4 Å². The number of aromatic nitrogens is 5. The van der Waals surface area contributed by atoms with E-state index < -0.39 is 11.9 Å². The maximum atomic E-state index is 16.1. The van der Waals surface area contributed by atoms with Gasteiger partial charge in [-0.2, -0.15) is 9.97 Å². The highest BCUT2D eigenvalue weighted by atomic mass is 32.1. The number of ether oxygens (including phenoxy) is 2. The van der Waals surface area contributed by atoms with Crippen molar-refractivity contribution in [2.24, 2.45) is 0 Å². The second-order valence-electron chi connectivity index (χ2n) is 20.4. The summed E-state index contributed by atoms with van der Waals surface area (Å²) in [6, 6.07) is 19.7. The molecule has 4 atom stereocenters. The quantitative estimate of drug-likeness (QED) is 0.112. The van der Waals surface area contributed by atoms with E-state index in [4.69, 9.17) is 14.0 Å². The Hall–Kier alpha value is -6.72. The Balaban J connectivity index is 0.000000180. The van der Waals surface area contributed by atoms with Crippen LogP contribution in [0, 0.1) is 12.7 Å². The predicted molar refractivity (Wildman–Crippen MR) is 297 cm³/mol. The minimum absolute atomic E-state index is 0.0613. The number of fused-ring (bicyclic) bond motifs is 3. The summed E-state index contributed by atoms with van der Waals surface area (Å²) in [5, 5.41) is 19.8. The van der Waals surface area contributed by atoms with E-state index in [9.17, 15) is 14.7 Å². The highest BCUT2D eigenvalue weighted by Gasteiger charge is 2.38. The van der Waals surface area contributed by atoms with Crippen molar-refractivity contribution in [2.75, 3.05) is 44.8 Å². The summed E-state index contributed by atoms with van der Waals surface area (Å²) in [7, 11) is 1.49. The zero-order chi connectivity index (χ0) is 53.3. The number of nitrogens with one attached hydrogen (secondary N) is 1. The van der Waals surface area contributed by atoms with Crippen molar-refractivity contribution >= 4 is 50.6 Å². The van der Waals surface area contributed by atoms with Gasteiger partial charge in [0.25, 0.3) is 5.88 Å². The van der Waals surface area contributed by atoms with Crippen LogP contribution >= 0.6 is 11.3 Å². The average Bonchev–Trinajstić information content (AvgIpc) is 4.32. The smallest absolute Gasteiger partial charge is 0.318 e. The van der Waals surface area contributed by atoms with Gasteiger partial charge in [-0.25, -0.2) is 9.37 Å². The molecular weight excluding hydrogens is 982 g/mol. The topological polar surface area (TPSA) is 172 Å². The first kappa shape index (κ1) is 54.1. The van der Waals surface area contributed by atoms with Crippen LogP contribution in [0.5, 0.6) is 17.6 Å². The Morgan fingerprint density at radius 1 is 0.921 bits per heavy atom. The first-order valence-electron chi connectivity index (χ1n) is 27.3. The van der Waals surface area contributed by atoms with E-state index >= 15 is 4.39 Å². The zero-order valence-electron chi connectivity index (χ0n) is 44.8. The summed E-state index contributed by atoms with van der Waals surface area (Å²) < 4.78 is 32.8. The number of halogens is 1. The molecule has 4 aromatic heterocycles. The van der Waals surface area contributed by atoms with E-state index in [0.29, 0.717) is 60.1 Å². The molecule has 4 fully saturated rings. The molecule has 8 heterocycles. The van der Waals surface area contributed by atoms with Crippen molar-refractivity contribution in [2.45, 2.75) is 142 Å². The lowest BCUT2D eigenvalue weighted by molar-refractivity contribution is -0.138. The van der Waals surface area contributed by atoms with Crippen molar-refractivity contribution in [3.63, 3.8) is 0 Å². The van der Waals surface area contributed by atoms with Gasteiger partial charge in [-0.15, -0.1) is 11.3 Å². The van der Waals surface area contributed by atoms with Crippen LogP contribution in [0.3, 0.4) is 0 Å². The summed E-state index contributed by atoms with van der Waals surface area (Å²) in [6.07, 6.45) is 14.6. The van der Waals surface area contributed by atoms with Gasteiger partial charge in [0.15, 0.2) is 5.82 Å². The molecule has 11 rings (SSSR count). The Morgan fingerprint density at radius 2 is 1.70 bits per heavy atom. The van der Waals surface area contributed by atoms with E-state index in [1.165, 1.54) is 45.6 Å². The van der Waals surface area contributed by atoms with Crippen molar-refractivity contribution in [1.29, 1.82) is 0 Å². The zero-order valence-corrected chi connectivity index (χ0v) is 45.6. The number of likely N-dealkylation sites (tertiary alicyclic amines) is 1. The fourth-order valence-corrected chi connectivity index (χ4v) is 12.1. The molecule has 4 unspecified atom stereocenters. The molecule has 0 radical (unpaired) electrons. The van der Waals surface area contributed by atoms with Gasteiger partial charge in [0.1, 0.15) is 41.2 Å². The third-order valence-electron chi connectivity index (χ3n) is 15.1. The SMILES string of the molecule is CCC.CCc1cccc2cc(O)cc(-c3ncc4c(N5CCCCCC5)nc(OC)nc4c3F)c12.Cc1ncsc1-c1ccc(C(C)NC(=O)C2CCCN2C(=O)Cc2cc(OCC3CCC4CCCN43)no2)cc1. The third kappa shape index (κ3) is 12.1. The number of benzene rings is 3. The van der Waals surface area contributed by atoms with Crippen molar-refractivity contribution in [3.05, 3.63) is 101 Å². The Bertz CT molecular complexity index is 3100. The van der Waals surface area contributed by atoms with Gasteiger partial charge < -0.3 is 34.2 Å². The molecule has 2 N–H and O–H groups in total. The number of hydrogen-bond donors (Lipinski definition) is 2. The Morgan fingerprint density at radius 3 is 2.43 bits per heavy atom. The van der Waals surface area contributed by atoms with E-state index in [-0.39, 0.29) is 47.2 Å². The summed E-state index contributed by atoms with van der Waals surface area (Å²) >= 11 is 1.62. The van der Waals surface area contributed by atoms with Crippen molar-refractivity contribution < 1.29 is 33.1 Å². The minimum atomic E-state index is -0.540. The summed E-state index contributed by atoms with van der Waals surface area (Å²) in [4.78, 5) is 51.8. The van der Waals surface area contributed by atoms with E-state index in [2.05, 4.69) is 73.1 Å². The highest BCUT2D eigenvalue weighted by molar-refractivity contribution is 7.13. The molecule has 4 aliphatic rings. The molecule has 0 spiro atoms. The van der Waals surface area contributed by atoms with Crippen LogP contribution in [0.2, 0.25) is 0 Å². The van der Waals surface area contributed by atoms with Crippen LogP contribution in [-0.2, 0) is 22.4 Å². The summed E-state index contributed by atoms with van der Waals surface area (Å²) in [5.74, 6) is 0.811. The number of nitrogens with zero attached hydrogens (tertiary/aromatic N) is 8. The number of aryl methyl sites for hydroxylation is 2. The minimum Gasteiger partial charge on any atom is -0.508 e. The van der Waals surface area contributed by atoms with Crippen LogP contribution in [0.15, 0.2) is 76.9 Å². The van der Waals surface area contributed by atoms with Crippen LogP contribution < -0.4 is 19.7 Å². The van der Waals surface area contributed by atoms with Crippen LogP contribution in [0.4, 0.5) is 10.2 Å². The van der Waals surface area contributed by atoms with Gasteiger partial charge in [-0.1, -0.05) is 82.5 Å². The lowest BCUT2D eigenvalue weighted by atomic mass is 9.95. The number of pyridine rings is 1. The molecule has 0 saturated carbocycles. The molecule has 4 saturated heterocycles. The fourth-order valence-electron chi connectivity index (χ4n) is 11.3. The lowest BCUT2D eigenvalue weighted by Gasteiger charge is -2.25. The Labute approximate surface area is 449 Å². The highest BCUT2D eigenvalue weighted by Crippen LogP contribution is 2.39. The maximum absolute atomic E-state index is 16.1. The number of carbonyl (C=O) groups is 2. The molecule has 4 aliphatic heterocycles. The molecule has 0 bridgehead atoms. The number of carbonyl (C=O) groups excluding carboxylic acids is 2. The van der Waals surface area contributed by atoms with Crippen molar-refractivity contribution in [1.82, 2.24) is 40.2 Å². The summed E-state index contributed by atoms with van der Waals surface area (Å²) in [5.41, 5.74) is 6.96. The Kier molecular flexibility index (Phi) is 17.8. The number of rotatable bonds is 13. The van der Waals surface area contributed by atoms with Crippen molar-refractivity contribution in [3.8, 4) is 39.3 Å². The average molecular weight is 1050 g/mol. The maximum Gasteiger partial charge on any atom is 0.318 e. The van der Waals surface area contributed by atoms with Crippen LogP contribution in [-0.4, -0.2) is 110 Å². The number of hydrogen-bond acceptors (Lipinski definition) is 14. The number of methoxy groups -OCH3 is 1. The van der Waals surface area contributed by atoms with Gasteiger partial charge in [0.2, 0.25) is 11.8 Å². The number of anilines is 1. The van der Waals surface area contributed by atoms with Crippen LogP contribution in [0.1, 0.15) is 127 Å². The monoisotopic (exact) mass is 1050 g/mol. The standard InChI is InChI=1S/C30H37N5O4S.C26H27FN4O2.C3H8/c1-19(21-7-9-22(10-8-21)29-20(2)31-18-40-29)32-30(37)26-6-4-14-35(26)28(36)16-25-15-27(33-39-25)38-17-24-12-11-23-5-3-13-34(23)24;1-3-16-9-8-10-17-13-18(32)14-19(21(16)17)23-22(27)24-20(15-28-23)25(30-26(29-24)33-2)31-11-6-4-5-7-12-31;1-3-2/h7-10,15,18-19,23-24,26H,3-6,11-14,16-17H2,1-2H3,(H,32,37);8-10,13-15,32H,3-7,11-12H2,1-2H3;3H2,1-2H3. The fraction of sp³-hybridized carbons (Fsp3) is 0.475. The number of aromatic hydroxyl groups is 1. The first-order chi connectivity index (χ1) is 37.0. The number of phenolic OH excluding ortho intramolecular Hbond substituents is 1. The molecule has 3 aromatic carbocycles. The number of amides is 2. The molecule has 0 aliphatic carbocycles. The molecule has 76 heavy (non-hydrogen) atoms. The lowest BCUT2D eigenvalue weighted by Crippen LogP contribution is -2.47. The second-order valence-corrected chi connectivity index (χ2v) is 21.3. The second kappa shape index (κ2) is 25.0. The molecule has 17 heteroatoms. The third-order valence-corrected chi connectivity index (χ3v) is 16.1. The molecule has 15 nitrogen and oxygen atoms in total. The van der Waals surface area contributed by atoms with E-state index in [0.717, 1.165) is 89.8 Å². The largest absolute Gasteiger partial charge is 0.508 e. The normalized spacial score (nSPS) is 18.9. The van der Waals surface area contributed by atoms with Gasteiger partial charge in [0, 0.05) is 49.5 Å². The van der Waals surface area contributed by atoms with E-state index in [1.807, 2.05) is 49.7 Å². The van der Waals surface area contributed by atoms with Gasteiger partial charge >= 0.3 is 6.01 Å². The predicted octanol–water partition coefficient (Wildman–Crippen LogP) is 11.6. The molecule has 7 aromatic rings. The van der Waals surface area contributed by atoms with Gasteiger partial charge in [-0.05, 0) is 123 Å². The molecule has 402 valence electrons. The van der Waals surface area contributed by atoms with Gasteiger partial charge in [-0.3, -0.25) is 19.5 Å². The number of phenols is 1. The summed E-state index contributed by atoms with van der Waals surface area (Å²) in [6.45, 7) is 14.3. The van der Waals surface area contributed by atoms with E-state index in [1.54, 1.807) is 40.6 Å². The molecular formula is C59H72FN9O6S.